The zero-order chi connectivity index (χ0) is 21.5. The maximum Gasteiger partial charge on any atom is 0.410 e. The summed E-state index contributed by atoms with van der Waals surface area (Å²) in [6, 6.07) is 14.7. The molecule has 1 aliphatic carbocycles. The Hall–Kier alpha value is -2.86. The molecule has 0 unspecified atom stereocenters. The Morgan fingerprint density at radius 1 is 1.03 bits per heavy atom. The molecule has 1 atom stereocenters. The summed E-state index contributed by atoms with van der Waals surface area (Å²) in [5.74, 6) is -0.981. The van der Waals surface area contributed by atoms with Crippen LogP contribution in [0.4, 0.5) is 4.79 Å². The SMILES string of the molecule is CCCCCOC[C@H](CC(=O)O)N(C(=O)OC)C1c2ccccc2-c2ccccc21. The molecule has 2 aromatic carbocycles. The van der Waals surface area contributed by atoms with E-state index in [-0.39, 0.29) is 13.0 Å². The second kappa shape index (κ2) is 10.3. The van der Waals surface area contributed by atoms with E-state index in [1.807, 2.05) is 48.5 Å². The Morgan fingerprint density at radius 3 is 2.17 bits per heavy atom. The molecule has 0 radical (unpaired) electrons. The van der Waals surface area contributed by atoms with Crippen molar-refractivity contribution in [2.75, 3.05) is 20.3 Å². The van der Waals surface area contributed by atoms with Crippen LogP contribution >= 0.6 is 0 Å². The largest absolute Gasteiger partial charge is 0.481 e. The van der Waals surface area contributed by atoms with Crippen LogP contribution in [0.15, 0.2) is 48.5 Å². The van der Waals surface area contributed by atoms with Crippen molar-refractivity contribution in [2.45, 2.75) is 44.7 Å². The minimum Gasteiger partial charge on any atom is -0.481 e. The van der Waals surface area contributed by atoms with E-state index in [2.05, 4.69) is 6.92 Å². The fraction of sp³-hybridized carbons (Fsp3) is 0.417. The predicted molar refractivity (Wildman–Crippen MR) is 114 cm³/mol. The fourth-order valence-electron chi connectivity index (χ4n) is 4.11. The van der Waals surface area contributed by atoms with E-state index in [0.717, 1.165) is 41.5 Å². The van der Waals surface area contributed by atoms with Gasteiger partial charge in [-0.25, -0.2) is 4.79 Å². The average molecular weight is 411 g/mol. The van der Waals surface area contributed by atoms with E-state index in [1.165, 1.54) is 7.11 Å². The lowest BCUT2D eigenvalue weighted by Gasteiger charge is -2.35. The standard InChI is InChI=1S/C24H29NO5/c1-3-4-9-14-30-16-17(15-22(26)27)25(24(28)29-2)23-20-12-7-5-10-18(20)19-11-6-8-13-21(19)23/h5-8,10-13,17,23H,3-4,9,14-16H2,1-2H3,(H,26,27)/t17-/m0/s1. The molecule has 160 valence electrons. The molecule has 1 amide bonds. The van der Waals surface area contributed by atoms with Crippen molar-refractivity contribution in [3.63, 3.8) is 0 Å². The molecule has 6 nitrogen and oxygen atoms in total. The van der Waals surface area contributed by atoms with Gasteiger partial charge >= 0.3 is 12.1 Å². The monoisotopic (exact) mass is 411 g/mol. The second-order valence-corrected chi connectivity index (χ2v) is 7.49. The van der Waals surface area contributed by atoms with E-state index < -0.39 is 24.1 Å². The van der Waals surface area contributed by atoms with Crippen LogP contribution in [0.25, 0.3) is 11.1 Å². The molecular weight excluding hydrogens is 382 g/mol. The minimum atomic E-state index is -0.981. The molecule has 0 saturated heterocycles. The van der Waals surface area contributed by atoms with E-state index in [0.29, 0.717) is 6.61 Å². The lowest BCUT2D eigenvalue weighted by atomic mass is 10.0. The summed E-state index contributed by atoms with van der Waals surface area (Å²) in [4.78, 5) is 26.1. The summed E-state index contributed by atoms with van der Waals surface area (Å²) >= 11 is 0. The number of ether oxygens (including phenoxy) is 2. The topological polar surface area (TPSA) is 76.1 Å². The first-order valence-corrected chi connectivity index (χ1v) is 10.4. The number of carboxylic acid groups (broad SMARTS) is 1. The van der Waals surface area contributed by atoms with E-state index in [1.54, 1.807) is 4.90 Å². The fourth-order valence-corrected chi connectivity index (χ4v) is 4.11. The Balaban J connectivity index is 1.97. The van der Waals surface area contributed by atoms with Gasteiger partial charge in [-0.15, -0.1) is 0 Å². The third-order valence-corrected chi connectivity index (χ3v) is 5.47. The maximum absolute atomic E-state index is 12.9. The molecule has 1 N–H and O–H groups in total. The molecule has 0 aliphatic heterocycles. The van der Waals surface area contributed by atoms with Crippen LogP contribution in [0.2, 0.25) is 0 Å². The number of fused-ring (bicyclic) bond motifs is 3. The number of amides is 1. The van der Waals surface area contributed by atoms with Crippen LogP contribution in [-0.4, -0.2) is 48.4 Å². The van der Waals surface area contributed by atoms with Crippen molar-refractivity contribution in [1.29, 1.82) is 0 Å². The van der Waals surface area contributed by atoms with Crippen LogP contribution in [0.5, 0.6) is 0 Å². The van der Waals surface area contributed by atoms with Crippen molar-refractivity contribution in [2.24, 2.45) is 0 Å². The van der Waals surface area contributed by atoms with Gasteiger partial charge in [0, 0.05) is 6.61 Å². The lowest BCUT2D eigenvalue weighted by Crippen LogP contribution is -2.46. The number of hydrogen-bond acceptors (Lipinski definition) is 4. The van der Waals surface area contributed by atoms with Crippen molar-refractivity contribution in [1.82, 2.24) is 4.90 Å². The summed E-state index contributed by atoms with van der Waals surface area (Å²) in [7, 11) is 1.32. The molecular formula is C24H29NO5. The number of unbranched alkanes of at least 4 members (excludes halogenated alkanes) is 2. The van der Waals surface area contributed by atoms with Crippen molar-refractivity contribution >= 4 is 12.1 Å². The van der Waals surface area contributed by atoms with Gasteiger partial charge in [-0.05, 0) is 28.7 Å². The second-order valence-electron chi connectivity index (χ2n) is 7.49. The Bertz CT molecular complexity index is 836. The highest BCUT2D eigenvalue weighted by Crippen LogP contribution is 2.47. The number of carbonyl (C=O) groups excluding carboxylic acids is 1. The van der Waals surface area contributed by atoms with Gasteiger partial charge in [-0.3, -0.25) is 9.69 Å². The van der Waals surface area contributed by atoms with Gasteiger partial charge in [0.1, 0.15) is 0 Å². The number of nitrogens with zero attached hydrogens (tertiary/aromatic N) is 1. The zero-order valence-electron chi connectivity index (χ0n) is 17.5. The third kappa shape index (κ3) is 4.65. The Morgan fingerprint density at radius 2 is 1.63 bits per heavy atom. The smallest absolute Gasteiger partial charge is 0.410 e. The summed E-state index contributed by atoms with van der Waals surface area (Å²) in [6.07, 6.45) is 2.25. The van der Waals surface area contributed by atoms with Crippen molar-refractivity contribution < 1.29 is 24.2 Å². The van der Waals surface area contributed by atoms with E-state index >= 15 is 0 Å². The van der Waals surface area contributed by atoms with Gasteiger partial charge in [0.05, 0.1) is 32.2 Å². The normalized spacial score (nSPS) is 13.4. The molecule has 0 fully saturated rings. The summed E-state index contributed by atoms with van der Waals surface area (Å²) < 4.78 is 10.9. The number of rotatable bonds is 10. The van der Waals surface area contributed by atoms with E-state index in [4.69, 9.17) is 9.47 Å². The Labute approximate surface area is 177 Å². The maximum atomic E-state index is 12.9. The molecule has 0 aromatic heterocycles. The van der Waals surface area contributed by atoms with Gasteiger partial charge in [0.2, 0.25) is 0 Å². The first-order valence-electron chi connectivity index (χ1n) is 10.4. The highest BCUT2D eigenvalue weighted by Gasteiger charge is 2.40. The van der Waals surface area contributed by atoms with E-state index in [9.17, 15) is 14.7 Å². The van der Waals surface area contributed by atoms with Crippen LogP contribution in [0.3, 0.4) is 0 Å². The van der Waals surface area contributed by atoms with Gasteiger partial charge < -0.3 is 14.6 Å². The van der Waals surface area contributed by atoms with Gasteiger partial charge in [0.15, 0.2) is 0 Å². The van der Waals surface area contributed by atoms with Crippen LogP contribution in [0.1, 0.15) is 49.8 Å². The number of aliphatic carboxylic acids is 1. The number of carboxylic acids is 1. The minimum absolute atomic E-state index is 0.145. The van der Waals surface area contributed by atoms with Crippen LogP contribution < -0.4 is 0 Å². The Kier molecular flexibility index (Phi) is 7.46. The molecule has 0 heterocycles. The molecule has 30 heavy (non-hydrogen) atoms. The molecule has 0 spiro atoms. The zero-order valence-corrected chi connectivity index (χ0v) is 17.5. The molecule has 2 aromatic rings. The molecule has 3 rings (SSSR count). The molecule has 0 saturated carbocycles. The highest BCUT2D eigenvalue weighted by molar-refractivity contribution is 5.81. The summed E-state index contributed by atoms with van der Waals surface area (Å²) in [5.41, 5.74) is 4.02. The first-order chi connectivity index (χ1) is 14.6. The lowest BCUT2D eigenvalue weighted by molar-refractivity contribution is -0.139. The number of benzene rings is 2. The van der Waals surface area contributed by atoms with Crippen LogP contribution in [-0.2, 0) is 14.3 Å². The number of methoxy groups -OCH3 is 1. The first kappa shape index (κ1) is 21.8. The van der Waals surface area contributed by atoms with Crippen molar-refractivity contribution in [3.8, 4) is 11.1 Å². The predicted octanol–water partition coefficient (Wildman–Crippen LogP) is 4.87. The molecule has 1 aliphatic rings. The summed E-state index contributed by atoms with van der Waals surface area (Å²) in [5, 5.41) is 9.53. The number of hydrogen-bond donors (Lipinski definition) is 1. The van der Waals surface area contributed by atoms with Crippen molar-refractivity contribution in [3.05, 3.63) is 59.7 Å². The third-order valence-electron chi connectivity index (χ3n) is 5.47. The average Bonchev–Trinajstić information content (AvgIpc) is 3.08. The van der Waals surface area contributed by atoms with Gasteiger partial charge in [-0.1, -0.05) is 68.3 Å². The summed E-state index contributed by atoms with van der Waals surface area (Å²) in [6.45, 7) is 2.80. The molecule has 6 heteroatoms. The van der Waals surface area contributed by atoms with Gasteiger partial charge in [0.25, 0.3) is 0 Å². The highest BCUT2D eigenvalue weighted by atomic mass is 16.5. The van der Waals surface area contributed by atoms with Gasteiger partial charge in [-0.2, -0.15) is 0 Å². The number of carbonyl (C=O) groups is 2. The van der Waals surface area contributed by atoms with Crippen LogP contribution in [0, 0.1) is 0 Å². The molecule has 0 bridgehead atoms. The quantitative estimate of drug-likeness (QED) is 0.564.